The maximum Gasteiger partial charge on any atom is 0.0184 e. The second-order valence-electron chi connectivity index (χ2n) is 5.24. The summed E-state index contributed by atoms with van der Waals surface area (Å²) in [5.74, 6) is 2.43. The molecule has 0 spiro atoms. The number of rotatable bonds is 10. The molecule has 0 aliphatic heterocycles. The van der Waals surface area contributed by atoms with Gasteiger partial charge in [0.15, 0.2) is 0 Å². The third-order valence-corrected chi connectivity index (χ3v) is 4.48. The molecular formula is C17H29NS. The predicted molar refractivity (Wildman–Crippen MR) is 88.9 cm³/mol. The molecule has 0 bridgehead atoms. The highest BCUT2D eigenvalue weighted by molar-refractivity contribution is 7.98. The lowest BCUT2D eigenvalue weighted by Gasteiger charge is -2.16. The third-order valence-electron chi connectivity index (χ3n) is 3.37. The molecule has 1 unspecified atom stereocenters. The molecule has 0 aliphatic rings. The van der Waals surface area contributed by atoms with Gasteiger partial charge in [-0.25, -0.2) is 0 Å². The number of hydrogen-bond donors (Lipinski definition) is 1. The minimum atomic E-state index is 0.722. The van der Waals surface area contributed by atoms with E-state index in [-0.39, 0.29) is 0 Å². The minimum Gasteiger partial charge on any atom is -0.314 e. The van der Waals surface area contributed by atoms with Crippen molar-refractivity contribution < 1.29 is 0 Å². The summed E-state index contributed by atoms with van der Waals surface area (Å²) < 4.78 is 0. The first kappa shape index (κ1) is 16.6. The summed E-state index contributed by atoms with van der Waals surface area (Å²) in [5.41, 5.74) is 2.83. The molecule has 0 heterocycles. The lowest BCUT2D eigenvalue weighted by molar-refractivity contribution is 0.465. The molecule has 0 aliphatic carbocycles. The molecule has 1 atom stereocenters. The molecule has 1 aromatic rings. The Morgan fingerprint density at radius 1 is 1.26 bits per heavy atom. The summed E-state index contributed by atoms with van der Waals surface area (Å²) in [6, 6.07) is 9.58. The lowest BCUT2D eigenvalue weighted by atomic mass is 10.1. The average molecular weight is 279 g/mol. The Kier molecular flexibility index (Phi) is 9.02. The fourth-order valence-corrected chi connectivity index (χ4v) is 3.15. The highest BCUT2D eigenvalue weighted by Crippen LogP contribution is 2.15. The van der Waals surface area contributed by atoms with Crippen LogP contribution in [0.2, 0.25) is 0 Å². The van der Waals surface area contributed by atoms with Gasteiger partial charge in [-0.15, -0.1) is 0 Å². The normalized spacial score (nSPS) is 12.6. The highest BCUT2D eigenvalue weighted by atomic mass is 32.2. The molecule has 1 N–H and O–H groups in total. The van der Waals surface area contributed by atoms with Crippen LogP contribution in [-0.4, -0.2) is 18.3 Å². The van der Waals surface area contributed by atoms with Crippen LogP contribution in [0.15, 0.2) is 24.3 Å². The van der Waals surface area contributed by atoms with Crippen LogP contribution in [-0.2, 0) is 5.75 Å². The van der Waals surface area contributed by atoms with E-state index in [1.54, 1.807) is 0 Å². The summed E-state index contributed by atoms with van der Waals surface area (Å²) in [7, 11) is 0. The monoisotopic (exact) mass is 279 g/mol. The Bertz CT molecular complexity index is 338. The smallest absolute Gasteiger partial charge is 0.0184 e. The van der Waals surface area contributed by atoms with E-state index >= 15 is 0 Å². The molecule has 0 aromatic heterocycles. The van der Waals surface area contributed by atoms with E-state index in [0.717, 1.165) is 18.3 Å². The zero-order valence-corrected chi connectivity index (χ0v) is 13.6. The Morgan fingerprint density at radius 2 is 2.11 bits per heavy atom. The Morgan fingerprint density at radius 3 is 2.79 bits per heavy atom. The zero-order valence-electron chi connectivity index (χ0n) is 12.7. The van der Waals surface area contributed by atoms with Gasteiger partial charge in [-0.05, 0) is 50.5 Å². The van der Waals surface area contributed by atoms with E-state index in [0.29, 0.717) is 0 Å². The van der Waals surface area contributed by atoms with Crippen molar-refractivity contribution in [3.05, 3.63) is 35.4 Å². The van der Waals surface area contributed by atoms with E-state index < -0.39 is 0 Å². The molecule has 2 heteroatoms. The van der Waals surface area contributed by atoms with Gasteiger partial charge in [-0.2, -0.15) is 11.8 Å². The Labute approximate surface area is 123 Å². The van der Waals surface area contributed by atoms with E-state index in [1.807, 2.05) is 0 Å². The van der Waals surface area contributed by atoms with Gasteiger partial charge in [-0.3, -0.25) is 0 Å². The summed E-state index contributed by atoms with van der Waals surface area (Å²) in [4.78, 5) is 0. The molecule has 1 nitrogen and oxygen atoms in total. The molecule has 1 aromatic carbocycles. The fraction of sp³-hybridized carbons (Fsp3) is 0.647. The van der Waals surface area contributed by atoms with Crippen LogP contribution < -0.4 is 5.32 Å². The van der Waals surface area contributed by atoms with Gasteiger partial charge < -0.3 is 5.32 Å². The number of thioether (sulfide) groups is 1. The summed E-state index contributed by atoms with van der Waals surface area (Å²) >= 11 is 2.06. The first-order valence-corrected chi connectivity index (χ1v) is 8.78. The van der Waals surface area contributed by atoms with Gasteiger partial charge in [0.2, 0.25) is 0 Å². The van der Waals surface area contributed by atoms with Crippen molar-refractivity contribution in [2.75, 3.05) is 12.3 Å². The van der Waals surface area contributed by atoms with Gasteiger partial charge in [0.05, 0.1) is 0 Å². The SMILES string of the molecule is CCCNC(CC)CCCSCc1cccc(C)c1. The number of aryl methyl sites for hydroxylation is 1. The van der Waals surface area contributed by atoms with E-state index in [4.69, 9.17) is 0 Å². The van der Waals surface area contributed by atoms with Crippen molar-refractivity contribution in [3.8, 4) is 0 Å². The summed E-state index contributed by atoms with van der Waals surface area (Å²) in [6.45, 7) is 7.85. The average Bonchev–Trinajstić information content (AvgIpc) is 2.42. The van der Waals surface area contributed by atoms with E-state index in [1.165, 1.54) is 42.6 Å². The third kappa shape index (κ3) is 7.64. The second-order valence-corrected chi connectivity index (χ2v) is 6.35. The first-order chi connectivity index (χ1) is 9.26. The Hall–Kier alpha value is -0.470. The fourth-order valence-electron chi connectivity index (χ4n) is 2.22. The highest BCUT2D eigenvalue weighted by Gasteiger charge is 2.04. The maximum absolute atomic E-state index is 3.63. The molecule has 108 valence electrons. The van der Waals surface area contributed by atoms with Gasteiger partial charge in [-0.1, -0.05) is 43.7 Å². The predicted octanol–water partition coefficient (Wildman–Crippen LogP) is 4.79. The molecule has 0 saturated carbocycles. The molecular weight excluding hydrogens is 250 g/mol. The number of hydrogen-bond acceptors (Lipinski definition) is 2. The topological polar surface area (TPSA) is 12.0 Å². The van der Waals surface area contributed by atoms with Crippen LogP contribution in [0.3, 0.4) is 0 Å². The van der Waals surface area contributed by atoms with Crippen molar-refractivity contribution >= 4 is 11.8 Å². The van der Waals surface area contributed by atoms with Crippen LogP contribution in [0.1, 0.15) is 50.7 Å². The van der Waals surface area contributed by atoms with Gasteiger partial charge in [0.1, 0.15) is 0 Å². The molecule has 19 heavy (non-hydrogen) atoms. The molecule has 1 rings (SSSR count). The van der Waals surface area contributed by atoms with Crippen LogP contribution in [0, 0.1) is 6.92 Å². The van der Waals surface area contributed by atoms with Crippen molar-refractivity contribution in [1.82, 2.24) is 5.32 Å². The largest absolute Gasteiger partial charge is 0.314 e. The van der Waals surface area contributed by atoms with Crippen molar-refractivity contribution in [1.29, 1.82) is 0 Å². The molecule has 0 radical (unpaired) electrons. The van der Waals surface area contributed by atoms with Crippen LogP contribution in [0.5, 0.6) is 0 Å². The minimum absolute atomic E-state index is 0.722. The zero-order chi connectivity index (χ0) is 13.9. The van der Waals surface area contributed by atoms with Gasteiger partial charge >= 0.3 is 0 Å². The first-order valence-electron chi connectivity index (χ1n) is 7.63. The lowest BCUT2D eigenvalue weighted by Crippen LogP contribution is -2.29. The van der Waals surface area contributed by atoms with Crippen molar-refractivity contribution in [2.45, 2.75) is 58.2 Å². The van der Waals surface area contributed by atoms with E-state index in [9.17, 15) is 0 Å². The standard InChI is InChI=1S/C17H29NS/c1-4-11-18-17(5-2)10-7-12-19-14-16-9-6-8-15(3)13-16/h6,8-9,13,17-18H,4-5,7,10-12,14H2,1-3H3. The van der Waals surface area contributed by atoms with Gasteiger partial charge in [0, 0.05) is 11.8 Å². The van der Waals surface area contributed by atoms with Crippen LogP contribution >= 0.6 is 11.8 Å². The molecule has 0 amide bonds. The summed E-state index contributed by atoms with van der Waals surface area (Å²) in [6.07, 6.45) is 5.13. The number of nitrogens with one attached hydrogen (secondary N) is 1. The van der Waals surface area contributed by atoms with Crippen LogP contribution in [0.4, 0.5) is 0 Å². The van der Waals surface area contributed by atoms with E-state index in [2.05, 4.69) is 62.1 Å². The van der Waals surface area contributed by atoms with Crippen molar-refractivity contribution in [2.24, 2.45) is 0 Å². The number of benzene rings is 1. The quantitative estimate of drug-likeness (QED) is 0.618. The van der Waals surface area contributed by atoms with Crippen molar-refractivity contribution in [3.63, 3.8) is 0 Å². The Balaban J connectivity index is 2.10. The molecule has 0 saturated heterocycles. The summed E-state index contributed by atoms with van der Waals surface area (Å²) in [5, 5.41) is 3.63. The maximum atomic E-state index is 3.63. The van der Waals surface area contributed by atoms with Gasteiger partial charge in [0.25, 0.3) is 0 Å². The molecule has 0 fully saturated rings. The second kappa shape index (κ2) is 10.3. The van der Waals surface area contributed by atoms with Crippen LogP contribution in [0.25, 0.3) is 0 Å².